The molecule has 0 atom stereocenters. The van der Waals surface area contributed by atoms with Gasteiger partial charge in [0.05, 0.1) is 20.6 Å². The Labute approximate surface area is 169 Å². The van der Waals surface area contributed by atoms with Gasteiger partial charge in [-0.05, 0) is 54.6 Å². The van der Waals surface area contributed by atoms with E-state index < -0.39 is 0 Å². The molecule has 29 heavy (non-hydrogen) atoms. The summed E-state index contributed by atoms with van der Waals surface area (Å²) in [6, 6.07) is 21.2. The summed E-state index contributed by atoms with van der Waals surface area (Å²) in [5.41, 5.74) is 2.59. The van der Waals surface area contributed by atoms with Gasteiger partial charge in [0, 0.05) is 22.5 Å². The van der Waals surface area contributed by atoms with E-state index in [9.17, 15) is 9.59 Å². The minimum absolute atomic E-state index is 0.162. The smallest absolute Gasteiger partial charge is 0.255 e. The Balaban J connectivity index is 1.59. The molecule has 0 radical (unpaired) electrons. The van der Waals surface area contributed by atoms with Crippen molar-refractivity contribution in [3.63, 3.8) is 0 Å². The number of methoxy groups -OCH3 is 2. The number of ether oxygens (including phenoxy) is 2. The zero-order valence-electron chi connectivity index (χ0n) is 16.3. The predicted molar refractivity (Wildman–Crippen MR) is 113 cm³/mol. The highest BCUT2D eigenvalue weighted by Crippen LogP contribution is 2.19. The number of anilines is 2. The Hall–Kier alpha value is -3.80. The summed E-state index contributed by atoms with van der Waals surface area (Å²) < 4.78 is 10.4. The molecule has 0 heterocycles. The van der Waals surface area contributed by atoms with Crippen molar-refractivity contribution < 1.29 is 19.1 Å². The van der Waals surface area contributed by atoms with E-state index in [1.165, 1.54) is 0 Å². The molecule has 0 fully saturated rings. The standard InChI is InChI=1S/C23H22N2O4/c1-28-20-13-11-19(12-14-20)25-23(27)16-7-9-18(10-8-16)24-22(26)15-17-5-3-4-6-21(17)29-2/h3-14H,15H2,1-2H3,(H,24,26)(H,25,27). The lowest BCUT2D eigenvalue weighted by Crippen LogP contribution is -2.15. The van der Waals surface area contributed by atoms with Crippen molar-refractivity contribution in [3.05, 3.63) is 83.9 Å². The van der Waals surface area contributed by atoms with Crippen LogP contribution in [0.3, 0.4) is 0 Å². The molecule has 6 heteroatoms. The van der Waals surface area contributed by atoms with Crippen molar-refractivity contribution in [1.29, 1.82) is 0 Å². The third-order valence-electron chi connectivity index (χ3n) is 4.32. The highest BCUT2D eigenvalue weighted by molar-refractivity contribution is 6.04. The van der Waals surface area contributed by atoms with Crippen LogP contribution in [0.25, 0.3) is 0 Å². The van der Waals surface area contributed by atoms with Gasteiger partial charge >= 0.3 is 0 Å². The van der Waals surface area contributed by atoms with Crippen molar-refractivity contribution in [1.82, 2.24) is 0 Å². The molecule has 2 N–H and O–H groups in total. The quantitative estimate of drug-likeness (QED) is 0.636. The summed E-state index contributed by atoms with van der Waals surface area (Å²) in [5.74, 6) is 0.997. The predicted octanol–water partition coefficient (Wildman–Crippen LogP) is 4.14. The van der Waals surface area contributed by atoms with Gasteiger partial charge in [-0.15, -0.1) is 0 Å². The average molecular weight is 390 g/mol. The molecule has 3 rings (SSSR count). The van der Waals surface area contributed by atoms with Gasteiger partial charge in [0.2, 0.25) is 5.91 Å². The van der Waals surface area contributed by atoms with Gasteiger partial charge in [0.15, 0.2) is 0 Å². The highest BCUT2D eigenvalue weighted by atomic mass is 16.5. The van der Waals surface area contributed by atoms with Gasteiger partial charge in [-0.1, -0.05) is 18.2 Å². The van der Waals surface area contributed by atoms with Crippen LogP contribution in [-0.2, 0) is 11.2 Å². The molecule has 0 saturated carbocycles. The van der Waals surface area contributed by atoms with Crippen molar-refractivity contribution >= 4 is 23.2 Å². The molecule has 0 aliphatic heterocycles. The van der Waals surface area contributed by atoms with Crippen molar-refractivity contribution in [2.45, 2.75) is 6.42 Å². The van der Waals surface area contributed by atoms with Crippen LogP contribution in [0.1, 0.15) is 15.9 Å². The first kappa shape index (κ1) is 19.9. The maximum atomic E-state index is 12.4. The second-order valence-corrected chi connectivity index (χ2v) is 6.30. The molecule has 3 aromatic rings. The summed E-state index contributed by atoms with van der Waals surface area (Å²) >= 11 is 0. The fourth-order valence-corrected chi connectivity index (χ4v) is 2.81. The Morgan fingerprint density at radius 1 is 0.759 bits per heavy atom. The van der Waals surface area contributed by atoms with Crippen LogP contribution in [-0.4, -0.2) is 26.0 Å². The number of carbonyl (C=O) groups excluding carboxylic acids is 2. The monoisotopic (exact) mass is 390 g/mol. The van der Waals surface area contributed by atoms with Crippen molar-refractivity contribution in [3.8, 4) is 11.5 Å². The van der Waals surface area contributed by atoms with Gasteiger partial charge < -0.3 is 20.1 Å². The van der Waals surface area contributed by atoms with Crippen LogP contribution in [0.2, 0.25) is 0 Å². The van der Waals surface area contributed by atoms with Crippen LogP contribution < -0.4 is 20.1 Å². The number of hydrogen-bond donors (Lipinski definition) is 2. The first-order valence-corrected chi connectivity index (χ1v) is 9.06. The lowest BCUT2D eigenvalue weighted by Gasteiger charge is -2.10. The maximum Gasteiger partial charge on any atom is 0.255 e. The number of hydrogen-bond acceptors (Lipinski definition) is 4. The van der Waals surface area contributed by atoms with E-state index in [1.807, 2.05) is 24.3 Å². The van der Waals surface area contributed by atoms with E-state index in [4.69, 9.17) is 9.47 Å². The normalized spacial score (nSPS) is 10.1. The second-order valence-electron chi connectivity index (χ2n) is 6.30. The van der Waals surface area contributed by atoms with E-state index in [2.05, 4.69) is 10.6 Å². The number of rotatable bonds is 7. The Bertz CT molecular complexity index is 983. The number of carbonyl (C=O) groups is 2. The van der Waals surface area contributed by atoms with Gasteiger partial charge in [0.25, 0.3) is 5.91 Å². The van der Waals surface area contributed by atoms with Crippen LogP contribution in [0.5, 0.6) is 11.5 Å². The minimum Gasteiger partial charge on any atom is -0.497 e. The van der Waals surface area contributed by atoms with Crippen LogP contribution in [0.4, 0.5) is 11.4 Å². The molecule has 148 valence electrons. The van der Waals surface area contributed by atoms with E-state index >= 15 is 0 Å². The lowest BCUT2D eigenvalue weighted by molar-refractivity contribution is -0.115. The van der Waals surface area contributed by atoms with Gasteiger partial charge in [0.1, 0.15) is 11.5 Å². The van der Waals surface area contributed by atoms with E-state index in [-0.39, 0.29) is 18.2 Å². The molecule has 0 spiro atoms. The molecule has 0 aromatic heterocycles. The van der Waals surface area contributed by atoms with Crippen LogP contribution in [0, 0.1) is 0 Å². The Morgan fingerprint density at radius 2 is 1.38 bits per heavy atom. The molecule has 0 saturated heterocycles. The molecule has 3 aromatic carbocycles. The molecule has 0 bridgehead atoms. The third-order valence-corrected chi connectivity index (χ3v) is 4.32. The maximum absolute atomic E-state index is 12.4. The lowest BCUT2D eigenvalue weighted by atomic mass is 10.1. The summed E-state index contributed by atoms with van der Waals surface area (Å²) in [7, 11) is 3.16. The molecule has 2 amide bonds. The Kier molecular flexibility index (Phi) is 6.47. The highest BCUT2D eigenvalue weighted by Gasteiger charge is 2.10. The zero-order valence-corrected chi connectivity index (χ0v) is 16.3. The fraction of sp³-hybridized carbons (Fsp3) is 0.130. The van der Waals surface area contributed by atoms with E-state index in [0.717, 1.165) is 11.3 Å². The van der Waals surface area contributed by atoms with Gasteiger partial charge in [-0.2, -0.15) is 0 Å². The van der Waals surface area contributed by atoms with Crippen molar-refractivity contribution in [2.24, 2.45) is 0 Å². The summed E-state index contributed by atoms with van der Waals surface area (Å²) in [6.45, 7) is 0. The Morgan fingerprint density at radius 3 is 2.03 bits per heavy atom. The molecule has 0 unspecified atom stereocenters. The first-order chi connectivity index (χ1) is 14.1. The molecule has 0 aliphatic rings. The number of para-hydroxylation sites is 1. The van der Waals surface area contributed by atoms with Crippen molar-refractivity contribution in [2.75, 3.05) is 24.9 Å². The molecular formula is C23H22N2O4. The number of nitrogens with one attached hydrogen (secondary N) is 2. The topological polar surface area (TPSA) is 76.7 Å². The number of amides is 2. The van der Waals surface area contributed by atoms with E-state index in [1.54, 1.807) is 62.8 Å². The summed E-state index contributed by atoms with van der Waals surface area (Å²) in [4.78, 5) is 24.7. The van der Waals surface area contributed by atoms with Gasteiger partial charge in [-0.3, -0.25) is 9.59 Å². The van der Waals surface area contributed by atoms with Gasteiger partial charge in [-0.25, -0.2) is 0 Å². The average Bonchev–Trinajstić information content (AvgIpc) is 2.75. The van der Waals surface area contributed by atoms with Crippen LogP contribution >= 0.6 is 0 Å². The fourth-order valence-electron chi connectivity index (χ4n) is 2.81. The summed E-state index contributed by atoms with van der Waals surface area (Å²) in [6.07, 6.45) is 0.198. The largest absolute Gasteiger partial charge is 0.497 e. The SMILES string of the molecule is COc1ccc(NC(=O)c2ccc(NC(=O)Cc3ccccc3OC)cc2)cc1. The second kappa shape index (κ2) is 9.41. The third kappa shape index (κ3) is 5.35. The first-order valence-electron chi connectivity index (χ1n) is 9.06. The van der Waals surface area contributed by atoms with E-state index in [0.29, 0.717) is 22.7 Å². The number of benzene rings is 3. The minimum atomic E-state index is -0.234. The molecule has 6 nitrogen and oxygen atoms in total. The molecule has 0 aliphatic carbocycles. The zero-order chi connectivity index (χ0) is 20.6. The summed E-state index contributed by atoms with van der Waals surface area (Å²) in [5, 5.41) is 5.65. The van der Waals surface area contributed by atoms with Crippen LogP contribution in [0.15, 0.2) is 72.8 Å². The molecular weight excluding hydrogens is 368 g/mol.